The van der Waals surface area contributed by atoms with Crippen LogP contribution in [0.25, 0.3) is 0 Å². The minimum atomic E-state index is -0.508. The highest BCUT2D eigenvalue weighted by Gasteiger charge is 2.12. The summed E-state index contributed by atoms with van der Waals surface area (Å²) in [5.41, 5.74) is 0.0602. The predicted molar refractivity (Wildman–Crippen MR) is 68.9 cm³/mol. The number of rotatable bonds is 2. The average molecular weight is 264 g/mol. The number of aromatic nitrogens is 2. The summed E-state index contributed by atoms with van der Waals surface area (Å²) in [6.07, 6.45) is 3.09. The van der Waals surface area contributed by atoms with E-state index in [1.807, 2.05) is 0 Å². The normalized spacial score (nSPS) is 10.1. The van der Waals surface area contributed by atoms with E-state index in [0.717, 1.165) is 0 Å². The SMILES string of the molecule is Cn1cccc(C(=O)Nc2cccnc2Cl)c1=O. The third kappa shape index (κ3) is 2.41. The van der Waals surface area contributed by atoms with Gasteiger partial charge < -0.3 is 9.88 Å². The molecule has 2 rings (SSSR count). The lowest BCUT2D eigenvalue weighted by Gasteiger charge is -2.06. The number of hydrogen-bond acceptors (Lipinski definition) is 3. The first-order valence-electron chi connectivity index (χ1n) is 5.17. The van der Waals surface area contributed by atoms with Gasteiger partial charge in [0.25, 0.3) is 11.5 Å². The molecule has 2 aromatic rings. The zero-order chi connectivity index (χ0) is 13.1. The minimum absolute atomic E-state index is 0.0555. The van der Waals surface area contributed by atoms with Crippen molar-refractivity contribution in [2.45, 2.75) is 0 Å². The number of carbonyl (C=O) groups is 1. The third-order valence-electron chi connectivity index (χ3n) is 2.38. The van der Waals surface area contributed by atoms with Crippen molar-refractivity contribution in [1.82, 2.24) is 9.55 Å². The van der Waals surface area contributed by atoms with Crippen LogP contribution in [0.4, 0.5) is 5.69 Å². The van der Waals surface area contributed by atoms with Crippen LogP contribution in [0.15, 0.2) is 41.5 Å². The molecule has 0 aliphatic carbocycles. The number of nitrogens with one attached hydrogen (secondary N) is 1. The average Bonchev–Trinajstić information content (AvgIpc) is 2.35. The maximum atomic E-state index is 11.9. The highest BCUT2D eigenvalue weighted by atomic mass is 35.5. The van der Waals surface area contributed by atoms with Crippen LogP contribution in [0.1, 0.15) is 10.4 Å². The van der Waals surface area contributed by atoms with Gasteiger partial charge in [-0.05, 0) is 24.3 Å². The summed E-state index contributed by atoms with van der Waals surface area (Å²) in [5, 5.41) is 2.73. The fraction of sp³-hybridized carbons (Fsp3) is 0.0833. The fourth-order valence-electron chi connectivity index (χ4n) is 1.44. The van der Waals surface area contributed by atoms with Crippen molar-refractivity contribution in [2.24, 2.45) is 7.05 Å². The second-order valence-corrected chi connectivity index (χ2v) is 3.99. The smallest absolute Gasteiger partial charge is 0.263 e. The molecule has 0 spiro atoms. The molecule has 1 amide bonds. The Balaban J connectivity index is 2.31. The molecule has 1 N–H and O–H groups in total. The van der Waals surface area contributed by atoms with Crippen LogP contribution in [0.5, 0.6) is 0 Å². The molecule has 0 aliphatic rings. The maximum absolute atomic E-state index is 11.9. The van der Waals surface area contributed by atoms with Crippen molar-refractivity contribution in [3.05, 3.63) is 57.7 Å². The fourth-order valence-corrected chi connectivity index (χ4v) is 1.61. The number of pyridine rings is 2. The highest BCUT2D eigenvalue weighted by molar-refractivity contribution is 6.32. The molecular weight excluding hydrogens is 254 g/mol. The van der Waals surface area contributed by atoms with Crippen LogP contribution >= 0.6 is 11.6 Å². The molecule has 2 aromatic heterocycles. The molecular formula is C12H10ClN3O2. The molecule has 0 saturated heterocycles. The maximum Gasteiger partial charge on any atom is 0.263 e. The monoisotopic (exact) mass is 263 g/mol. The highest BCUT2D eigenvalue weighted by Crippen LogP contribution is 2.17. The van der Waals surface area contributed by atoms with Crippen LogP contribution in [0.2, 0.25) is 5.15 Å². The summed E-state index contributed by atoms with van der Waals surface area (Å²) in [6.45, 7) is 0. The van der Waals surface area contributed by atoms with Crippen molar-refractivity contribution in [3.63, 3.8) is 0 Å². The minimum Gasteiger partial charge on any atom is -0.319 e. The lowest BCUT2D eigenvalue weighted by Crippen LogP contribution is -2.27. The van der Waals surface area contributed by atoms with Gasteiger partial charge in [0.1, 0.15) is 5.56 Å². The Hall–Kier alpha value is -2.14. The molecule has 0 saturated carbocycles. The number of nitrogens with zero attached hydrogens (tertiary/aromatic N) is 2. The van der Waals surface area contributed by atoms with E-state index in [2.05, 4.69) is 10.3 Å². The summed E-state index contributed by atoms with van der Waals surface area (Å²) in [7, 11) is 1.58. The number of amides is 1. The molecule has 0 radical (unpaired) electrons. The predicted octanol–water partition coefficient (Wildman–Crippen LogP) is 1.69. The Bertz CT molecular complexity index is 652. The lowest BCUT2D eigenvalue weighted by molar-refractivity contribution is 0.102. The summed E-state index contributed by atoms with van der Waals surface area (Å²) >= 11 is 5.82. The quantitative estimate of drug-likeness (QED) is 0.839. The van der Waals surface area contributed by atoms with Gasteiger partial charge >= 0.3 is 0 Å². The lowest BCUT2D eigenvalue weighted by atomic mass is 10.2. The summed E-state index contributed by atoms with van der Waals surface area (Å²) in [4.78, 5) is 27.5. The van der Waals surface area contributed by atoms with Crippen LogP contribution < -0.4 is 10.9 Å². The van der Waals surface area contributed by atoms with Crippen molar-refractivity contribution in [1.29, 1.82) is 0 Å². The van der Waals surface area contributed by atoms with Crippen molar-refractivity contribution in [3.8, 4) is 0 Å². The van der Waals surface area contributed by atoms with Crippen LogP contribution in [0.3, 0.4) is 0 Å². The van der Waals surface area contributed by atoms with E-state index in [9.17, 15) is 9.59 Å². The third-order valence-corrected chi connectivity index (χ3v) is 2.68. The molecule has 92 valence electrons. The molecule has 2 heterocycles. The number of carbonyl (C=O) groups excluding carboxylic acids is 1. The number of aryl methyl sites for hydroxylation is 1. The van der Waals surface area contributed by atoms with E-state index in [0.29, 0.717) is 5.69 Å². The number of anilines is 1. The molecule has 0 aliphatic heterocycles. The van der Waals surface area contributed by atoms with Crippen molar-refractivity contribution < 1.29 is 4.79 Å². The second-order valence-electron chi connectivity index (χ2n) is 3.63. The van der Waals surface area contributed by atoms with E-state index in [-0.39, 0.29) is 16.3 Å². The summed E-state index contributed by atoms with van der Waals surface area (Å²) in [6, 6.07) is 6.34. The van der Waals surface area contributed by atoms with Gasteiger partial charge in [-0.25, -0.2) is 4.98 Å². The van der Waals surface area contributed by atoms with E-state index >= 15 is 0 Å². The zero-order valence-corrected chi connectivity index (χ0v) is 10.3. The second kappa shape index (κ2) is 5.01. The number of halogens is 1. The zero-order valence-electron chi connectivity index (χ0n) is 9.55. The van der Waals surface area contributed by atoms with Crippen LogP contribution in [0, 0.1) is 0 Å². The van der Waals surface area contributed by atoms with E-state index in [4.69, 9.17) is 11.6 Å². The molecule has 0 fully saturated rings. The number of hydrogen-bond donors (Lipinski definition) is 1. The van der Waals surface area contributed by atoms with E-state index < -0.39 is 5.91 Å². The largest absolute Gasteiger partial charge is 0.319 e. The van der Waals surface area contributed by atoms with Gasteiger partial charge in [0, 0.05) is 19.4 Å². The Morgan fingerprint density at radius 1 is 1.39 bits per heavy atom. The topological polar surface area (TPSA) is 64.0 Å². The van der Waals surface area contributed by atoms with Crippen molar-refractivity contribution >= 4 is 23.2 Å². The standard InChI is InChI=1S/C12H10ClN3O2/c1-16-7-3-4-8(12(16)18)11(17)15-9-5-2-6-14-10(9)13/h2-7H,1H3,(H,15,17). The molecule has 0 aromatic carbocycles. The molecule has 0 bridgehead atoms. The molecule has 0 unspecified atom stereocenters. The Labute approximate surface area is 108 Å². The van der Waals surface area contributed by atoms with Crippen molar-refractivity contribution in [2.75, 3.05) is 5.32 Å². The van der Waals surface area contributed by atoms with Gasteiger partial charge in [-0.15, -0.1) is 0 Å². The molecule has 6 heteroatoms. The van der Waals surface area contributed by atoms with Gasteiger partial charge in [-0.1, -0.05) is 11.6 Å². The van der Waals surface area contributed by atoms with Gasteiger partial charge in [0.15, 0.2) is 5.15 Å². The van der Waals surface area contributed by atoms with Gasteiger partial charge in [0.2, 0.25) is 0 Å². The van der Waals surface area contributed by atoms with E-state index in [1.54, 1.807) is 31.4 Å². The molecule has 5 nitrogen and oxygen atoms in total. The van der Waals surface area contributed by atoms with Crippen LogP contribution in [-0.2, 0) is 7.05 Å². The van der Waals surface area contributed by atoms with E-state index in [1.165, 1.54) is 16.8 Å². The Morgan fingerprint density at radius 2 is 2.17 bits per heavy atom. The van der Waals surface area contributed by atoms with Crippen LogP contribution in [-0.4, -0.2) is 15.5 Å². The molecule has 0 atom stereocenters. The Morgan fingerprint density at radius 3 is 2.89 bits per heavy atom. The van der Waals surface area contributed by atoms with Gasteiger partial charge in [-0.3, -0.25) is 9.59 Å². The van der Waals surface area contributed by atoms with Gasteiger partial charge in [0.05, 0.1) is 5.69 Å². The first-order valence-corrected chi connectivity index (χ1v) is 5.55. The first-order chi connectivity index (χ1) is 8.59. The molecule has 18 heavy (non-hydrogen) atoms. The summed E-state index contributed by atoms with van der Waals surface area (Å²) in [5.74, 6) is -0.508. The van der Waals surface area contributed by atoms with Gasteiger partial charge in [-0.2, -0.15) is 0 Å². The first kappa shape index (κ1) is 12.3. The Kier molecular flexibility index (Phi) is 3.43. The summed E-state index contributed by atoms with van der Waals surface area (Å²) < 4.78 is 1.33.